The highest BCUT2D eigenvalue weighted by molar-refractivity contribution is 9.09. The molecule has 0 N–H and O–H groups in total. The molecular formula is C16H25BrO. The smallest absolute Gasteiger partial charge is 0.119 e. The normalized spacial score (nSPS) is 12.4. The molecule has 0 spiro atoms. The largest absolute Gasteiger partial charge is 0.494 e. The van der Waals surface area contributed by atoms with Crippen molar-refractivity contribution >= 4 is 15.9 Å². The number of alkyl halides is 1. The second kappa shape index (κ2) is 9.43. The summed E-state index contributed by atoms with van der Waals surface area (Å²) in [6.07, 6.45) is 6.05. The van der Waals surface area contributed by atoms with Gasteiger partial charge in [0.25, 0.3) is 0 Å². The van der Waals surface area contributed by atoms with Crippen molar-refractivity contribution in [2.45, 2.75) is 46.0 Å². The Morgan fingerprint density at radius 2 is 1.89 bits per heavy atom. The third-order valence-electron chi connectivity index (χ3n) is 3.22. The van der Waals surface area contributed by atoms with Gasteiger partial charge in [0.2, 0.25) is 0 Å². The minimum atomic E-state index is 0.730. The standard InChI is InChI=1S/C16H25BrO/c1-3-4-5-15-6-8-16(9-7-15)18-13-11-14(2)10-12-17/h6-9,14H,3-5,10-13H2,1-2H3. The number of halogens is 1. The molecule has 102 valence electrons. The molecule has 18 heavy (non-hydrogen) atoms. The van der Waals surface area contributed by atoms with Crippen LogP contribution in [0.3, 0.4) is 0 Å². The third kappa shape index (κ3) is 6.44. The highest BCUT2D eigenvalue weighted by Gasteiger charge is 2.01. The molecule has 0 radical (unpaired) electrons. The van der Waals surface area contributed by atoms with Gasteiger partial charge in [-0.1, -0.05) is 48.3 Å². The van der Waals surface area contributed by atoms with E-state index in [9.17, 15) is 0 Å². The molecule has 0 heterocycles. The Morgan fingerprint density at radius 1 is 1.17 bits per heavy atom. The molecule has 1 atom stereocenters. The maximum atomic E-state index is 5.77. The Bertz CT molecular complexity index is 307. The Balaban J connectivity index is 2.26. The van der Waals surface area contributed by atoms with E-state index in [1.165, 1.54) is 31.2 Å². The number of rotatable bonds is 9. The lowest BCUT2D eigenvalue weighted by Crippen LogP contribution is -2.04. The van der Waals surface area contributed by atoms with Crippen molar-refractivity contribution < 1.29 is 4.74 Å². The van der Waals surface area contributed by atoms with Crippen LogP contribution >= 0.6 is 15.9 Å². The van der Waals surface area contributed by atoms with E-state index in [-0.39, 0.29) is 0 Å². The molecule has 0 amide bonds. The zero-order valence-electron chi connectivity index (χ0n) is 11.6. The van der Waals surface area contributed by atoms with Gasteiger partial charge >= 0.3 is 0 Å². The van der Waals surface area contributed by atoms with Crippen molar-refractivity contribution in [3.05, 3.63) is 29.8 Å². The molecule has 0 saturated heterocycles. The molecule has 0 aliphatic heterocycles. The van der Waals surface area contributed by atoms with Crippen LogP contribution in [0.5, 0.6) is 5.75 Å². The summed E-state index contributed by atoms with van der Waals surface area (Å²) in [6.45, 7) is 5.33. The Labute approximate surface area is 120 Å². The number of benzene rings is 1. The highest BCUT2D eigenvalue weighted by atomic mass is 79.9. The summed E-state index contributed by atoms with van der Waals surface area (Å²) >= 11 is 3.47. The van der Waals surface area contributed by atoms with Gasteiger partial charge in [-0.15, -0.1) is 0 Å². The third-order valence-corrected chi connectivity index (χ3v) is 3.68. The molecule has 1 aromatic carbocycles. The van der Waals surface area contributed by atoms with E-state index < -0.39 is 0 Å². The fourth-order valence-electron chi connectivity index (χ4n) is 1.84. The summed E-state index contributed by atoms with van der Waals surface area (Å²) in [4.78, 5) is 0. The summed E-state index contributed by atoms with van der Waals surface area (Å²) < 4.78 is 5.77. The van der Waals surface area contributed by atoms with E-state index in [0.29, 0.717) is 0 Å². The number of ether oxygens (including phenoxy) is 1. The molecule has 0 aromatic heterocycles. The zero-order valence-corrected chi connectivity index (χ0v) is 13.2. The fraction of sp³-hybridized carbons (Fsp3) is 0.625. The van der Waals surface area contributed by atoms with E-state index in [0.717, 1.165) is 30.0 Å². The molecular weight excluding hydrogens is 288 g/mol. The first-order chi connectivity index (χ1) is 8.76. The van der Waals surface area contributed by atoms with Crippen LogP contribution in [0.2, 0.25) is 0 Å². The number of unbranched alkanes of at least 4 members (excludes halogenated alkanes) is 1. The first-order valence-electron chi connectivity index (χ1n) is 7.04. The molecule has 0 aliphatic carbocycles. The van der Waals surface area contributed by atoms with Gasteiger partial charge < -0.3 is 4.74 Å². The van der Waals surface area contributed by atoms with Crippen LogP contribution in [-0.4, -0.2) is 11.9 Å². The van der Waals surface area contributed by atoms with Gasteiger partial charge in [-0.05, 0) is 49.3 Å². The second-order valence-corrected chi connectivity index (χ2v) is 5.76. The van der Waals surface area contributed by atoms with E-state index in [2.05, 4.69) is 54.0 Å². The predicted octanol–water partition coefficient (Wildman–Crippen LogP) is 5.22. The van der Waals surface area contributed by atoms with E-state index in [1.54, 1.807) is 0 Å². The van der Waals surface area contributed by atoms with Crippen LogP contribution in [0.15, 0.2) is 24.3 Å². The zero-order chi connectivity index (χ0) is 13.2. The Hall–Kier alpha value is -0.500. The molecule has 0 saturated carbocycles. The first kappa shape index (κ1) is 15.6. The summed E-state index contributed by atoms with van der Waals surface area (Å²) in [6, 6.07) is 8.57. The van der Waals surface area contributed by atoms with Crippen molar-refractivity contribution in [2.24, 2.45) is 5.92 Å². The van der Waals surface area contributed by atoms with Gasteiger partial charge in [0.15, 0.2) is 0 Å². The van der Waals surface area contributed by atoms with Crippen LogP contribution < -0.4 is 4.74 Å². The van der Waals surface area contributed by atoms with Crippen molar-refractivity contribution in [3.63, 3.8) is 0 Å². The molecule has 0 fully saturated rings. The Kier molecular flexibility index (Phi) is 8.15. The van der Waals surface area contributed by atoms with E-state index in [4.69, 9.17) is 4.74 Å². The molecule has 1 unspecified atom stereocenters. The number of hydrogen-bond donors (Lipinski definition) is 0. The van der Waals surface area contributed by atoms with Crippen molar-refractivity contribution in [2.75, 3.05) is 11.9 Å². The lowest BCUT2D eigenvalue weighted by atomic mass is 10.1. The molecule has 1 aromatic rings. The molecule has 1 rings (SSSR count). The van der Waals surface area contributed by atoms with Gasteiger partial charge in [0.1, 0.15) is 5.75 Å². The minimum Gasteiger partial charge on any atom is -0.494 e. The predicted molar refractivity (Wildman–Crippen MR) is 82.7 cm³/mol. The maximum Gasteiger partial charge on any atom is 0.119 e. The highest BCUT2D eigenvalue weighted by Crippen LogP contribution is 2.15. The lowest BCUT2D eigenvalue weighted by Gasteiger charge is -2.11. The minimum absolute atomic E-state index is 0.730. The quantitative estimate of drug-likeness (QED) is 0.568. The fourth-order valence-corrected chi connectivity index (χ4v) is 2.62. The monoisotopic (exact) mass is 312 g/mol. The summed E-state index contributed by atoms with van der Waals surface area (Å²) in [5.74, 6) is 1.73. The van der Waals surface area contributed by atoms with Crippen LogP contribution in [0, 0.1) is 5.92 Å². The van der Waals surface area contributed by atoms with Gasteiger partial charge in [0, 0.05) is 5.33 Å². The van der Waals surface area contributed by atoms with Crippen LogP contribution in [0.1, 0.15) is 45.1 Å². The molecule has 0 bridgehead atoms. The summed E-state index contributed by atoms with van der Waals surface area (Å²) in [5.41, 5.74) is 1.41. The Morgan fingerprint density at radius 3 is 2.50 bits per heavy atom. The summed E-state index contributed by atoms with van der Waals surface area (Å²) in [7, 11) is 0. The van der Waals surface area contributed by atoms with Crippen LogP contribution in [0.25, 0.3) is 0 Å². The van der Waals surface area contributed by atoms with E-state index in [1.807, 2.05) is 0 Å². The molecule has 2 heteroatoms. The molecule has 0 aliphatic rings. The number of aryl methyl sites for hydroxylation is 1. The first-order valence-corrected chi connectivity index (χ1v) is 8.16. The van der Waals surface area contributed by atoms with Crippen molar-refractivity contribution in [1.29, 1.82) is 0 Å². The van der Waals surface area contributed by atoms with Crippen LogP contribution in [-0.2, 0) is 6.42 Å². The van der Waals surface area contributed by atoms with Gasteiger partial charge in [-0.2, -0.15) is 0 Å². The molecule has 1 nitrogen and oxygen atoms in total. The number of hydrogen-bond acceptors (Lipinski definition) is 1. The van der Waals surface area contributed by atoms with Gasteiger partial charge in [-0.3, -0.25) is 0 Å². The van der Waals surface area contributed by atoms with E-state index >= 15 is 0 Å². The van der Waals surface area contributed by atoms with Crippen molar-refractivity contribution in [3.8, 4) is 5.75 Å². The average Bonchev–Trinajstić information content (AvgIpc) is 2.38. The SMILES string of the molecule is CCCCc1ccc(OCCC(C)CCBr)cc1. The average molecular weight is 313 g/mol. The van der Waals surface area contributed by atoms with Crippen LogP contribution in [0.4, 0.5) is 0 Å². The van der Waals surface area contributed by atoms with Gasteiger partial charge in [0.05, 0.1) is 6.61 Å². The topological polar surface area (TPSA) is 9.23 Å². The lowest BCUT2D eigenvalue weighted by molar-refractivity contribution is 0.282. The second-order valence-electron chi connectivity index (χ2n) is 4.97. The maximum absolute atomic E-state index is 5.77. The summed E-state index contributed by atoms with van der Waals surface area (Å²) in [5, 5.41) is 1.08. The van der Waals surface area contributed by atoms with Gasteiger partial charge in [-0.25, -0.2) is 0 Å². The van der Waals surface area contributed by atoms with Crippen molar-refractivity contribution in [1.82, 2.24) is 0 Å².